The van der Waals surface area contributed by atoms with Crippen molar-refractivity contribution in [2.75, 3.05) is 0 Å². The molecule has 0 aliphatic heterocycles. The average Bonchev–Trinajstić information content (AvgIpc) is 3.44. The van der Waals surface area contributed by atoms with Crippen LogP contribution in [0.15, 0.2) is 12.7 Å². The average molecular weight is 461 g/mol. The van der Waals surface area contributed by atoms with Crippen LogP contribution in [-0.4, -0.2) is 4.75 Å². The van der Waals surface area contributed by atoms with Crippen molar-refractivity contribution in [1.82, 2.24) is 0 Å². The van der Waals surface area contributed by atoms with Crippen LogP contribution in [0.2, 0.25) is 0 Å². The number of unbranched alkanes of at least 4 members (excludes halogenated alkanes) is 1. The van der Waals surface area contributed by atoms with Crippen LogP contribution in [0.5, 0.6) is 0 Å². The Balaban J connectivity index is 0.000000536. The van der Waals surface area contributed by atoms with Crippen molar-refractivity contribution in [1.29, 1.82) is 0 Å². The van der Waals surface area contributed by atoms with Crippen LogP contribution in [0.4, 0.5) is 0 Å². The molecule has 0 aromatic rings. The van der Waals surface area contributed by atoms with E-state index < -0.39 is 0 Å². The fourth-order valence-electron chi connectivity index (χ4n) is 9.21. The highest BCUT2D eigenvalue weighted by Gasteiger charge is 2.66. The van der Waals surface area contributed by atoms with Crippen molar-refractivity contribution in [3.05, 3.63) is 12.7 Å². The molecule has 0 aromatic heterocycles. The van der Waals surface area contributed by atoms with Crippen LogP contribution in [0.1, 0.15) is 138 Å². The van der Waals surface area contributed by atoms with Crippen LogP contribution in [-0.2, 0) is 0 Å². The zero-order valence-electron chi connectivity index (χ0n) is 22.6. The molecule has 1 heteroatoms. The van der Waals surface area contributed by atoms with E-state index in [1.165, 1.54) is 77.0 Å². The van der Waals surface area contributed by atoms with Crippen LogP contribution in [0.25, 0.3) is 0 Å². The Morgan fingerprint density at radius 1 is 0.844 bits per heavy atom. The van der Waals surface area contributed by atoms with Gasteiger partial charge in [0, 0.05) is 4.75 Å². The van der Waals surface area contributed by atoms with Gasteiger partial charge in [-0.3, -0.25) is 0 Å². The molecule has 32 heavy (non-hydrogen) atoms. The number of hydrogen-bond donors (Lipinski definition) is 1. The summed E-state index contributed by atoms with van der Waals surface area (Å²) in [5.74, 6) is 3.70. The first-order valence-electron chi connectivity index (χ1n) is 14.6. The molecule has 5 aliphatic rings. The summed E-state index contributed by atoms with van der Waals surface area (Å²) in [6, 6.07) is 0. The third kappa shape index (κ3) is 4.52. The van der Waals surface area contributed by atoms with E-state index in [-0.39, 0.29) is 0 Å². The molecule has 0 bridgehead atoms. The number of hydrogen-bond acceptors (Lipinski definition) is 1. The van der Waals surface area contributed by atoms with Gasteiger partial charge in [0.05, 0.1) is 0 Å². The maximum Gasteiger partial charge on any atom is 0.0197 e. The molecule has 186 valence electrons. The maximum absolute atomic E-state index is 5.67. The molecule has 5 fully saturated rings. The summed E-state index contributed by atoms with van der Waals surface area (Å²) >= 11 is 5.67. The van der Waals surface area contributed by atoms with Crippen molar-refractivity contribution in [3.63, 3.8) is 0 Å². The van der Waals surface area contributed by atoms with Crippen LogP contribution in [0.3, 0.4) is 0 Å². The van der Waals surface area contributed by atoms with Gasteiger partial charge in [0.2, 0.25) is 0 Å². The molecule has 0 radical (unpaired) electrons. The molecule has 0 amide bonds. The highest BCUT2D eigenvalue weighted by molar-refractivity contribution is 7.81. The largest absolute Gasteiger partial charge is 0.172 e. The van der Waals surface area contributed by atoms with Crippen LogP contribution in [0, 0.1) is 39.9 Å². The van der Waals surface area contributed by atoms with Crippen molar-refractivity contribution < 1.29 is 0 Å². The third-order valence-corrected chi connectivity index (χ3v) is 12.0. The third-order valence-electron chi connectivity index (χ3n) is 11.1. The van der Waals surface area contributed by atoms with E-state index in [4.69, 9.17) is 12.6 Å². The minimum absolute atomic E-state index is 0.333. The second kappa shape index (κ2) is 10.4. The van der Waals surface area contributed by atoms with E-state index >= 15 is 0 Å². The zero-order valence-corrected chi connectivity index (χ0v) is 23.5. The van der Waals surface area contributed by atoms with Gasteiger partial charge >= 0.3 is 0 Å². The van der Waals surface area contributed by atoms with E-state index in [0.717, 1.165) is 29.1 Å². The topological polar surface area (TPSA) is 0 Å². The Hall–Kier alpha value is 0.0900. The van der Waals surface area contributed by atoms with Crippen molar-refractivity contribution in [3.8, 4) is 0 Å². The standard InChI is InChI=1S/C26H42S.C3H8.C2H6/c1-4-5-6-7-19-8-9-21-23(19,2)12-11-22-24(3)14-15-25(16-17-25)18-20(24)10-13-26(21,22)27;1-3-2;1-2/h4,19-22,27H,1,5-18H2,2-3H3;3H2,1-2H3;1-2H3. The van der Waals surface area contributed by atoms with Crippen LogP contribution < -0.4 is 0 Å². The molecule has 0 saturated heterocycles. The number of rotatable bonds is 4. The first-order valence-corrected chi connectivity index (χ1v) is 15.1. The number of fused-ring (bicyclic) bond motifs is 5. The normalized spacial score (nSPS) is 45.2. The molecule has 1 spiro atoms. The lowest BCUT2D eigenvalue weighted by atomic mass is 9.43. The quantitative estimate of drug-likeness (QED) is 0.241. The first kappa shape index (κ1) is 26.7. The highest BCUT2D eigenvalue weighted by Crippen LogP contribution is 2.74. The van der Waals surface area contributed by atoms with Gasteiger partial charge in [-0.05, 0) is 130 Å². The predicted octanol–water partition coefficient (Wildman–Crippen LogP) is 10.3. The summed E-state index contributed by atoms with van der Waals surface area (Å²) in [4.78, 5) is 0. The summed E-state index contributed by atoms with van der Waals surface area (Å²) < 4.78 is 0.333. The summed E-state index contributed by atoms with van der Waals surface area (Å²) in [6.07, 6.45) is 23.8. The van der Waals surface area contributed by atoms with E-state index in [0.29, 0.717) is 15.6 Å². The highest BCUT2D eigenvalue weighted by atomic mass is 32.1. The molecule has 7 unspecified atom stereocenters. The van der Waals surface area contributed by atoms with Crippen LogP contribution >= 0.6 is 12.6 Å². The molecule has 0 aromatic carbocycles. The Labute approximate surface area is 207 Å². The lowest BCUT2D eigenvalue weighted by Gasteiger charge is -2.65. The smallest absolute Gasteiger partial charge is 0.0197 e. The van der Waals surface area contributed by atoms with E-state index in [1.54, 1.807) is 19.3 Å². The van der Waals surface area contributed by atoms with Gasteiger partial charge in [0.1, 0.15) is 0 Å². The summed E-state index contributed by atoms with van der Waals surface area (Å²) in [7, 11) is 0. The predicted molar refractivity (Wildman–Crippen MR) is 146 cm³/mol. The molecule has 0 nitrogen and oxygen atoms in total. The molecule has 0 heterocycles. The Morgan fingerprint density at radius 2 is 1.47 bits per heavy atom. The number of allylic oxidation sites excluding steroid dienone is 1. The molecule has 0 N–H and O–H groups in total. The van der Waals surface area contributed by atoms with Crippen molar-refractivity contribution in [2.45, 2.75) is 143 Å². The van der Waals surface area contributed by atoms with E-state index in [9.17, 15) is 0 Å². The zero-order chi connectivity index (χ0) is 23.6. The molecular weight excluding hydrogens is 404 g/mol. The van der Waals surface area contributed by atoms with Gasteiger partial charge in [0.15, 0.2) is 0 Å². The molecule has 5 aliphatic carbocycles. The van der Waals surface area contributed by atoms with E-state index in [2.05, 4.69) is 40.3 Å². The lowest BCUT2D eigenvalue weighted by Crippen LogP contribution is -2.61. The molecule has 5 rings (SSSR count). The van der Waals surface area contributed by atoms with E-state index in [1.807, 2.05) is 13.8 Å². The van der Waals surface area contributed by atoms with Gasteiger partial charge in [-0.1, -0.05) is 54.0 Å². The Kier molecular flexibility index (Phi) is 8.65. The van der Waals surface area contributed by atoms with Gasteiger partial charge in [0.25, 0.3) is 0 Å². The fraction of sp³-hybridized carbons (Fsp3) is 0.935. The second-order valence-electron chi connectivity index (χ2n) is 12.8. The van der Waals surface area contributed by atoms with Gasteiger partial charge in [-0.25, -0.2) is 0 Å². The summed E-state index contributed by atoms with van der Waals surface area (Å²) in [5, 5.41) is 0. The van der Waals surface area contributed by atoms with Crippen molar-refractivity contribution in [2.24, 2.45) is 39.9 Å². The Morgan fingerprint density at radius 3 is 2.09 bits per heavy atom. The second-order valence-corrected chi connectivity index (χ2v) is 13.6. The van der Waals surface area contributed by atoms with Gasteiger partial charge in [-0.2, -0.15) is 12.6 Å². The summed E-state index contributed by atoms with van der Waals surface area (Å²) in [6.45, 7) is 17.6. The maximum atomic E-state index is 5.67. The minimum atomic E-state index is 0.333. The Bertz CT molecular complexity index is 620. The monoisotopic (exact) mass is 460 g/mol. The lowest BCUT2D eigenvalue weighted by molar-refractivity contribution is -0.104. The number of thiol groups is 1. The van der Waals surface area contributed by atoms with Gasteiger partial charge in [-0.15, -0.1) is 6.58 Å². The fourth-order valence-corrected chi connectivity index (χ4v) is 10.2. The summed E-state index contributed by atoms with van der Waals surface area (Å²) in [5.41, 5.74) is 1.97. The molecular formula is C31H56S. The molecule has 5 saturated carbocycles. The van der Waals surface area contributed by atoms with Gasteiger partial charge < -0.3 is 0 Å². The first-order chi connectivity index (χ1) is 15.3. The minimum Gasteiger partial charge on any atom is -0.172 e. The van der Waals surface area contributed by atoms with Crippen molar-refractivity contribution >= 4 is 12.6 Å². The molecule has 7 atom stereocenters. The SMILES string of the molecule is C=CCCCC1CCC2C1(C)CCC1C3(C)CCC4(CC4)CC3CCC21S.CC.CCC.